The summed E-state index contributed by atoms with van der Waals surface area (Å²) in [4.78, 5) is 15.9. The first-order chi connectivity index (χ1) is 21.1. The molecule has 3 N–H and O–H groups in total. The van der Waals surface area contributed by atoms with E-state index in [4.69, 9.17) is 9.47 Å². The van der Waals surface area contributed by atoms with E-state index in [1.54, 1.807) is 12.1 Å². The monoisotopic (exact) mass is 679 g/mol. The lowest BCUT2D eigenvalue weighted by Crippen LogP contribution is -2.63. The molecule has 1 aromatic heterocycles. The van der Waals surface area contributed by atoms with Gasteiger partial charge in [0.2, 0.25) is 0 Å². The fraction of sp³-hybridized carbons (Fsp3) is 0.448. The summed E-state index contributed by atoms with van der Waals surface area (Å²) in [7, 11) is 1.28. The number of halogens is 4. The number of hydrogen-bond donors (Lipinski definition) is 3. The summed E-state index contributed by atoms with van der Waals surface area (Å²) < 4.78 is 54.7. The highest BCUT2D eigenvalue weighted by Crippen LogP contribution is 2.37. The molecular weight excluding hydrogens is 651 g/mol. The standard InChI is InChI=1S/C29H29BrF3N5O6/c1-43-27-25(37-12-20(35-36-37)15-8-18(31)24(33)19(32)9-15)26(41)23(13-39)44-28(27)29(42)38(21-4-2-3-5-22(21)40)17-7-14(11-34)6-16(30)10-17/h6-10,12,21-23,25-28,39-41H,2-5,13H2,1H3/t21-,22-,23+,25-,26-,27+,28+/m0/s1. The molecule has 2 aromatic carbocycles. The molecule has 5 rings (SSSR count). The van der Waals surface area contributed by atoms with Gasteiger partial charge in [-0.05, 0) is 43.2 Å². The van der Waals surface area contributed by atoms with Gasteiger partial charge >= 0.3 is 0 Å². The van der Waals surface area contributed by atoms with Gasteiger partial charge in [-0.2, -0.15) is 5.26 Å². The van der Waals surface area contributed by atoms with E-state index >= 15 is 0 Å². The molecule has 1 aliphatic carbocycles. The summed E-state index contributed by atoms with van der Waals surface area (Å²) in [6.45, 7) is -0.699. The Morgan fingerprint density at radius 3 is 2.52 bits per heavy atom. The number of nitrogens with zero attached hydrogens (tertiary/aromatic N) is 5. The highest BCUT2D eigenvalue weighted by atomic mass is 79.9. The van der Waals surface area contributed by atoms with Crippen molar-refractivity contribution < 1.29 is 42.8 Å². The number of aromatic nitrogens is 3. The van der Waals surface area contributed by atoms with Crippen LogP contribution in [-0.4, -0.2) is 86.5 Å². The third-order valence-corrected chi connectivity index (χ3v) is 8.49. The van der Waals surface area contributed by atoms with Crippen LogP contribution in [0, 0.1) is 28.8 Å². The summed E-state index contributed by atoms with van der Waals surface area (Å²) in [6, 6.07) is 6.37. The van der Waals surface area contributed by atoms with Gasteiger partial charge in [-0.15, -0.1) is 5.10 Å². The number of methoxy groups -OCH3 is 1. The Hall–Kier alpha value is -3.39. The Bertz CT molecular complexity index is 1550. The lowest BCUT2D eigenvalue weighted by atomic mass is 9.88. The molecule has 2 aliphatic rings. The van der Waals surface area contributed by atoms with E-state index in [9.17, 15) is 38.5 Å². The number of carbonyl (C=O) groups excluding carboxylic acids is 1. The SMILES string of the molecule is CO[C@@H]1[C@@H](n2cc(-c3cc(F)c(F)c(F)c3)nn2)[C@@H](O)[C@@H](CO)O[C@H]1C(=O)N(c1cc(Br)cc(C#N)c1)[C@H]1CCCC[C@@H]1O. The molecule has 1 amide bonds. The number of hydrogen-bond acceptors (Lipinski definition) is 9. The maximum absolute atomic E-state index is 14.5. The molecule has 1 saturated heterocycles. The predicted octanol–water partition coefficient (Wildman–Crippen LogP) is 3.01. The number of nitriles is 1. The van der Waals surface area contributed by atoms with Crippen LogP contribution in [0.5, 0.6) is 0 Å². The summed E-state index contributed by atoms with van der Waals surface area (Å²) in [5.74, 6) is -5.17. The largest absolute Gasteiger partial charge is 0.394 e. The summed E-state index contributed by atoms with van der Waals surface area (Å²) in [5.41, 5.74) is 0.382. The molecule has 11 nitrogen and oxygen atoms in total. The molecule has 7 atom stereocenters. The minimum absolute atomic E-state index is 0.0649. The third-order valence-electron chi connectivity index (χ3n) is 8.03. The summed E-state index contributed by atoms with van der Waals surface area (Å²) in [5, 5.41) is 49.8. The zero-order valence-electron chi connectivity index (χ0n) is 23.4. The molecule has 2 fully saturated rings. The van der Waals surface area contributed by atoms with E-state index in [2.05, 4.69) is 32.3 Å². The fourth-order valence-corrected chi connectivity index (χ4v) is 6.39. The highest BCUT2D eigenvalue weighted by Gasteiger charge is 2.52. The average Bonchev–Trinajstić information content (AvgIpc) is 3.50. The van der Waals surface area contributed by atoms with Crippen molar-refractivity contribution in [3.8, 4) is 17.3 Å². The maximum Gasteiger partial charge on any atom is 0.259 e. The van der Waals surface area contributed by atoms with Crippen molar-refractivity contribution in [2.75, 3.05) is 18.6 Å². The van der Waals surface area contributed by atoms with Crippen LogP contribution in [0.2, 0.25) is 0 Å². The van der Waals surface area contributed by atoms with Gasteiger partial charge in [-0.1, -0.05) is 34.0 Å². The van der Waals surface area contributed by atoms with Gasteiger partial charge in [0.1, 0.15) is 30.0 Å². The fourth-order valence-electron chi connectivity index (χ4n) is 5.91. The number of ether oxygens (including phenoxy) is 2. The van der Waals surface area contributed by atoms with Crippen LogP contribution in [0.1, 0.15) is 37.3 Å². The van der Waals surface area contributed by atoms with Crippen molar-refractivity contribution in [3.05, 3.63) is 64.0 Å². The van der Waals surface area contributed by atoms with Gasteiger partial charge in [-0.25, -0.2) is 17.9 Å². The van der Waals surface area contributed by atoms with Gasteiger partial charge in [0.15, 0.2) is 23.6 Å². The smallest absolute Gasteiger partial charge is 0.259 e. The molecule has 44 heavy (non-hydrogen) atoms. The van der Waals surface area contributed by atoms with Gasteiger partial charge in [0.05, 0.1) is 36.6 Å². The quantitative estimate of drug-likeness (QED) is 0.320. The molecule has 0 unspecified atom stereocenters. The number of aliphatic hydroxyl groups excluding tert-OH is 3. The van der Waals surface area contributed by atoms with E-state index in [-0.39, 0.29) is 16.8 Å². The number of benzene rings is 2. The molecule has 1 aliphatic heterocycles. The van der Waals surface area contributed by atoms with E-state index in [0.717, 1.165) is 29.7 Å². The number of aliphatic hydroxyl groups is 3. The van der Waals surface area contributed by atoms with Crippen molar-refractivity contribution >= 4 is 27.5 Å². The van der Waals surface area contributed by atoms with Crippen LogP contribution in [0.15, 0.2) is 41.0 Å². The summed E-state index contributed by atoms with van der Waals surface area (Å²) in [6.07, 6.45) is -2.75. The number of carbonyl (C=O) groups is 1. The average molecular weight is 680 g/mol. The number of anilines is 1. The topological polar surface area (TPSA) is 154 Å². The van der Waals surface area contributed by atoms with Crippen molar-refractivity contribution in [3.63, 3.8) is 0 Å². The second kappa shape index (κ2) is 13.3. The Kier molecular flexibility index (Phi) is 9.68. The minimum Gasteiger partial charge on any atom is -0.394 e. The van der Waals surface area contributed by atoms with Crippen LogP contribution in [0.4, 0.5) is 18.9 Å². The first-order valence-corrected chi connectivity index (χ1v) is 14.6. The van der Waals surface area contributed by atoms with Crippen LogP contribution in [-0.2, 0) is 14.3 Å². The lowest BCUT2D eigenvalue weighted by molar-refractivity contribution is -0.211. The van der Waals surface area contributed by atoms with Gasteiger partial charge in [0, 0.05) is 22.8 Å². The molecule has 15 heteroatoms. The van der Waals surface area contributed by atoms with Crippen molar-refractivity contribution in [2.45, 2.75) is 68.3 Å². The van der Waals surface area contributed by atoms with Gasteiger partial charge in [-0.3, -0.25) is 4.79 Å². The van der Waals surface area contributed by atoms with E-state index in [1.807, 2.05) is 0 Å². The molecule has 3 aromatic rings. The van der Waals surface area contributed by atoms with E-state index in [0.29, 0.717) is 23.0 Å². The molecule has 0 bridgehead atoms. The maximum atomic E-state index is 14.5. The predicted molar refractivity (Wildman–Crippen MR) is 152 cm³/mol. The molecule has 1 saturated carbocycles. The van der Waals surface area contributed by atoms with Crippen molar-refractivity contribution in [1.29, 1.82) is 5.26 Å². The van der Waals surface area contributed by atoms with Crippen LogP contribution >= 0.6 is 15.9 Å². The normalized spacial score (nSPS) is 27.1. The van der Waals surface area contributed by atoms with Gasteiger partial charge < -0.3 is 29.7 Å². The lowest BCUT2D eigenvalue weighted by Gasteiger charge is -2.46. The number of rotatable bonds is 7. The number of amides is 1. The van der Waals surface area contributed by atoms with Crippen LogP contribution < -0.4 is 4.90 Å². The molecule has 234 valence electrons. The van der Waals surface area contributed by atoms with Crippen molar-refractivity contribution in [2.24, 2.45) is 0 Å². The Morgan fingerprint density at radius 2 is 1.89 bits per heavy atom. The van der Waals surface area contributed by atoms with Crippen molar-refractivity contribution in [1.82, 2.24) is 15.0 Å². The second-order valence-electron chi connectivity index (χ2n) is 10.7. The molecule has 2 heterocycles. The Morgan fingerprint density at radius 1 is 1.18 bits per heavy atom. The van der Waals surface area contributed by atoms with E-state index < -0.39 is 72.6 Å². The van der Waals surface area contributed by atoms with Gasteiger partial charge in [0.25, 0.3) is 5.91 Å². The Balaban J connectivity index is 1.56. The zero-order valence-corrected chi connectivity index (χ0v) is 24.9. The molecule has 0 radical (unpaired) electrons. The van der Waals surface area contributed by atoms with Crippen LogP contribution in [0.3, 0.4) is 0 Å². The zero-order chi connectivity index (χ0) is 31.7. The first kappa shape index (κ1) is 32.0. The summed E-state index contributed by atoms with van der Waals surface area (Å²) >= 11 is 3.38. The molecular formula is C29H29BrF3N5O6. The first-order valence-electron chi connectivity index (χ1n) is 13.8. The highest BCUT2D eigenvalue weighted by molar-refractivity contribution is 9.10. The van der Waals surface area contributed by atoms with E-state index in [1.165, 1.54) is 24.3 Å². The Labute approximate surface area is 258 Å². The second-order valence-corrected chi connectivity index (χ2v) is 11.6. The van der Waals surface area contributed by atoms with Crippen LogP contribution in [0.25, 0.3) is 11.3 Å². The molecule has 0 spiro atoms. The third kappa shape index (κ3) is 6.10. The minimum atomic E-state index is -1.65.